The maximum Gasteiger partial charge on any atom is 0.326 e. The van der Waals surface area contributed by atoms with Crippen molar-refractivity contribution in [3.63, 3.8) is 0 Å². The Labute approximate surface area is 353 Å². The number of nitrogens with one attached hydrogen (secondary N) is 3. The van der Waals surface area contributed by atoms with E-state index in [0.29, 0.717) is 63.7 Å². The summed E-state index contributed by atoms with van der Waals surface area (Å²) in [4.78, 5) is 70.1. The minimum Gasteiger partial charge on any atom is -0.492 e. The van der Waals surface area contributed by atoms with Gasteiger partial charge in [0.05, 0.1) is 0 Å². The minimum absolute atomic E-state index is 0.0901. The largest absolute Gasteiger partial charge is 0.492 e. The molecule has 1 aliphatic heterocycles. The van der Waals surface area contributed by atoms with Crippen LogP contribution >= 0.6 is 11.6 Å². The van der Waals surface area contributed by atoms with Crippen LogP contribution in [0.5, 0.6) is 11.5 Å². The van der Waals surface area contributed by atoms with Crippen molar-refractivity contribution in [2.75, 3.05) is 39.9 Å². The number of fused-ring (bicyclic) bond motifs is 5. The zero-order valence-electron chi connectivity index (χ0n) is 33.6. The highest BCUT2D eigenvalue weighted by molar-refractivity contribution is 6.30. The van der Waals surface area contributed by atoms with Crippen LogP contribution < -0.4 is 42.6 Å². The zero-order valence-corrected chi connectivity index (χ0v) is 34.4. The molecular formula is C44H52ClN7O8. The van der Waals surface area contributed by atoms with Crippen molar-refractivity contribution in [2.24, 2.45) is 17.2 Å². The van der Waals surface area contributed by atoms with Gasteiger partial charge in [0.25, 0.3) is 5.91 Å². The van der Waals surface area contributed by atoms with E-state index < -0.39 is 53.8 Å². The average Bonchev–Trinajstić information content (AvgIpc) is 3.24. The fraction of sp³-hybridized carbons (Fsp3) is 0.341. The molecule has 60 heavy (non-hydrogen) atoms. The molecule has 4 amide bonds. The number of amides is 4. The van der Waals surface area contributed by atoms with Crippen LogP contribution in [0.1, 0.15) is 53.7 Å². The predicted octanol–water partition coefficient (Wildman–Crippen LogP) is 3.41. The van der Waals surface area contributed by atoms with Crippen LogP contribution in [-0.4, -0.2) is 97.6 Å². The number of ether oxygens (including phenoxy) is 2. The first-order chi connectivity index (χ1) is 28.8. The number of aliphatic carboxylic acids is 1. The molecule has 0 aromatic heterocycles. The van der Waals surface area contributed by atoms with Gasteiger partial charge >= 0.3 is 5.97 Å². The van der Waals surface area contributed by atoms with E-state index in [9.17, 15) is 29.1 Å². The van der Waals surface area contributed by atoms with Crippen LogP contribution in [0.25, 0.3) is 22.3 Å². The number of hydrogen-bond donors (Lipinski definition) is 7. The Morgan fingerprint density at radius 2 is 1.50 bits per heavy atom. The summed E-state index contributed by atoms with van der Waals surface area (Å²) in [7, 11) is 1.44. The van der Waals surface area contributed by atoms with Crippen LogP contribution in [0, 0.1) is 0 Å². The number of rotatable bonds is 16. The van der Waals surface area contributed by atoms with Crippen LogP contribution in [0.2, 0.25) is 5.02 Å². The van der Waals surface area contributed by atoms with E-state index in [4.69, 9.17) is 38.3 Å². The molecule has 4 unspecified atom stereocenters. The minimum atomic E-state index is -1.37. The predicted molar refractivity (Wildman–Crippen MR) is 228 cm³/mol. The molecule has 0 fully saturated rings. The van der Waals surface area contributed by atoms with E-state index in [-0.39, 0.29) is 39.1 Å². The normalized spacial score (nSPS) is 17.0. The lowest BCUT2D eigenvalue weighted by atomic mass is 9.93. The molecule has 0 radical (unpaired) electrons. The number of carbonyl (C=O) groups excluding carboxylic acids is 4. The Balaban J connectivity index is 1.60. The van der Waals surface area contributed by atoms with E-state index in [0.717, 1.165) is 11.1 Å². The number of hydrogen-bond acceptors (Lipinski definition) is 10. The summed E-state index contributed by atoms with van der Waals surface area (Å²) < 4.78 is 12.1. The maximum atomic E-state index is 14.7. The van der Waals surface area contributed by atoms with Gasteiger partial charge in [0.15, 0.2) is 0 Å². The van der Waals surface area contributed by atoms with Crippen molar-refractivity contribution in [2.45, 2.75) is 56.8 Å². The van der Waals surface area contributed by atoms with E-state index >= 15 is 0 Å². The van der Waals surface area contributed by atoms with Gasteiger partial charge in [-0.15, -0.1) is 0 Å². The first kappa shape index (κ1) is 45.1. The van der Waals surface area contributed by atoms with Gasteiger partial charge in [0.1, 0.15) is 48.9 Å². The third-order valence-electron chi connectivity index (χ3n) is 10.0. The first-order valence-corrected chi connectivity index (χ1v) is 20.1. The van der Waals surface area contributed by atoms with Gasteiger partial charge in [0.2, 0.25) is 17.7 Å². The third kappa shape index (κ3) is 11.4. The topological polar surface area (TPSA) is 241 Å². The molecule has 0 aliphatic carbocycles. The maximum absolute atomic E-state index is 14.7. The second-order valence-corrected chi connectivity index (χ2v) is 14.9. The average molecular weight is 842 g/mol. The Kier molecular flexibility index (Phi) is 16.0. The van der Waals surface area contributed by atoms with Crippen molar-refractivity contribution in [1.29, 1.82) is 0 Å². The number of carboxylic acid groups (broad SMARTS) is 1. The first-order valence-electron chi connectivity index (χ1n) is 19.7. The Morgan fingerprint density at radius 1 is 0.833 bits per heavy atom. The van der Waals surface area contributed by atoms with Gasteiger partial charge in [-0.05, 0) is 104 Å². The van der Waals surface area contributed by atoms with Crippen molar-refractivity contribution in [1.82, 2.24) is 20.9 Å². The zero-order chi connectivity index (χ0) is 43.3. The van der Waals surface area contributed by atoms with Gasteiger partial charge in [-0.25, -0.2) is 4.79 Å². The summed E-state index contributed by atoms with van der Waals surface area (Å²) in [5.74, 6) is -3.09. The highest BCUT2D eigenvalue weighted by Crippen LogP contribution is 2.40. The summed E-state index contributed by atoms with van der Waals surface area (Å²) in [5.41, 5.74) is 21.2. The Bertz CT molecular complexity index is 2170. The molecule has 318 valence electrons. The quantitative estimate of drug-likeness (QED) is 0.0807. The van der Waals surface area contributed by atoms with E-state index in [1.807, 2.05) is 18.2 Å². The molecule has 0 saturated carbocycles. The summed E-state index contributed by atoms with van der Waals surface area (Å²) in [6, 6.07) is 19.2. The van der Waals surface area contributed by atoms with Crippen LogP contribution in [0.15, 0.2) is 84.9 Å². The number of carboxylic acids is 1. The van der Waals surface area contributed by atoms with Crippen molar-refractivity contribution in [3.05, 3.63) is 107 Å². The third-order valence-corrected chi connectivity index (χ3v) is 10.3. The SMILES string of the molecule is CC1NC(=O)C(N(C)C(=O)C(CCCCN)NC(=O)c2cccc(-c3ccc(Cl)cc3)c2)c2ccc(OCCN)c(c2)-c2cc(ccc2OCCN)CC(C(=O)O)NC1=O. The van der Waals surface area contributed by atoms with Gasteiger partial charge in [-0.3, -0.25) is 19.2 Å². The molecule has 4 aromatic rings. The highest BCUT2D eigenvalue weighted by Gasteiger charge is 2.36. The van der Waals surface area contributed by atoms with Crippen molar-refractivity contribution < 1.29 is 38.6 Å². The van der Waals surface area contributed by atoms with Crippen LogP contribution in [0.3, 0.4) is 0 Å². The monoisotopic (exact) mass is 841 g/mol. The Morgan fingerprint density at radius 3 is 2.15 bits per heavy atom. The lowest BCUT2D eigenvalue weighted by Crippen LogP contribution is -2.54. The fourth-order valence-electron chi connectivity index (χ4n) is 6.92. The second-order valence-electron chi connectivity index (χ2n) is 14.4. The van der Waals surface area contributed by atoms with Gasteiger partial charge in [-0.1, -0.05) is 48.0 Å². The summed E-state index contributed by atoms with van der Waals surface area (Å²) in [6.07, 6.45) is 1.18. The standard InChI is InChI=1S/C44H52ClN7O8/c1-26-40(53)51-36(44(57)58)23-27-9-15-37(59-20-18-47)33(22-27)34-25-30(12-16-38(34)60-21-19-48)39(42(55)49-26)52(2)43(56)35(8-3-4-17-46)50-41(54)31-7-5-6-29(24-31)28-10-13-32(45)14-11-28/h5-7,9-16,22,24-26,35-36,39H,3-4,8,17-21,23,46-48H2,1-2H3,(H,49,55)(H,50,54)(H,51,53)(H,57,58). The van der Waals surface area contributed by atoms with E-state index in [2.05, 4.69) is 16.0 Å². The number of benzene rings is 4. The molecule has 4 aromatic carbocycles. The molecule has 16 heteroatoms. The molecule has 0 spiro atoms. The number of nitrogens with two attached hydrogens (primary N) is 3. The summed E-state index contributed by atoms with van der Waals surface area (Å²) >= 11 is 6.09. The van der Waals surface area contributed by atoms with Crippen molar-refractivity contribution in [3.8, 4) is 33.8 Å². The summed E-state index contributed by atoms with van der Waals surface area (Å²) in [6.45, 7) is 2.48. The molecule has 10 N–H and O–H groups in total. The number of likely N-dealkylation sites (N-methyl/N-ethyl adjacent to an activating group) is 1. The van der Waals surface area contributed by atoms with Crippen LogP contribution in [-0.2, 0) is 25.6 Å². The van der Waals surface area contributed by atoms with Gasteiger partial charge < -0.3 is 52.6 Å². The van der Waals surface area contributed by atoms with E-state index in [1.165, 1.54) is 18.9 Å². The summed E-state index contributed by atoms with van der Waals surface area (Å²) in [5, 5.41) is 18.8. The molecular weight excluding hydrogens is 790 g/mol. The lowest BCUT2D eigenvalue weighted by molar-refractivity contribution is -0.143. The number of halogens is 1. The highest BCUT2D eigenvalue weighted by atomic mass is 35.5. The molecule has 5 rings (SSSR count). The molecule has 15 nitrogen and oxygen atoms in total. The lowest BCUT2D eigenvalue weighted by Gasteiger charge is -2.32. The molecule has 4 bridgehead atoms. The Hall–Kier alpha value is -6.00. The smallest absolute Gasteiger partial charge is 0.326 e. The van der Waals surface area contributed by atoms with Crippen LogP contribution in [0.4, 0.5) is 0 Å². The molecule has 1 aliphatic rings. The molecule has 4 atom stereocenters. The molecule has 0 saturated heterocycles. The second kappa shape index (κ2) is 21.3. The van der Waals surface area contributed by atoms with Crippen molar-refractivity contribution >= 4 is 41.2 Å². The molecule has 1 heterocycles. The number of carbonyl (C=O) groups is 5. The number of unbranched alkanes of at least 4 members (excludes halogenated alkanes) is 1. The van der Waals surface area contributed by atoms with Gasteiger partial charge in [-0.2, -0.15) is 0 Å². The van der Waals surface area contributed by atoms with Gasteiger partial charge in [0, 0.05) is 48.3 Å². The van der Waals surface area contributed by atoms with E-state index in [1.54, 1.807) is 66.7 Å². The fourth-order valence-corrected chi connectivity index (χ4v) is 7.05. The number of nitrogens with zero attached hydrogens (tertiary/aromatic N) is 1.